The van der Waals surface area contributed by atoms with Crippen LogP contribution in [-0.4, -0.2) is 19.6 Å². The van der Waals surface area contributed by atoms with Gasteiger partial charge in [-0.05, 0) is 31.5 Å². The Hall–Kier alpha value is -2.65. The number of aromatic nitrogens is 4. The molecule has 1 N–H and O–H groups in total. The van der Waals surface area contributed by atoms with Gasteiger partial charge in [-0.25, -0.2) is 0 Å². The average Bonchev–Trinajstić information content (AvgIpc) is 2.93. The lowest BCUT2D eigenvalue weighted by Crippen LogP contribution is -2.06. The van der Waals surface area contributed by atoms with E-state index in [0.29, 0.717) is 22.3 Å². The fourth-order valence-electron chi connectivity index (χ4n) is 2.00. The minimum absolute atomic E-state index is 0.368. The van der Waals surface area contributed by atoms with Crippen molar-refractivity contribution >= 4 is 28.9 Å². The Morgan fingerprint density at radius 1 is 1.33 bits per heavy atom. The summed E-state index contributed by atoms with van der Waals surface area (Å²) in [5, 5.41) is 16.8. The maximum Gasteiger partial charge on any atom is 0.255 e. The van der Waals surface area contributed by atoms with Crippen LogP contribution in [0.4, 0.5) is 11.5 Å². The fraction of sp³-hybridized carbons (Fsp3) is 0.143. The summed E-state index contributed by atoms with van der Waals surface area (Å²) in [7, 11) is 0. The van der Waals surface area contributed by atoms with Gasteiger partial charge in [-0.1, -0.05) is 17.7 Å². The van der Waals surface area contributed by atoms with Crippen LogP contribution in [0.25, 0.3) is 5.78 Å². The van der Waals surface area contributed by atoms with E-state index in [1.807, 2.05) is 19.9 Å². The van der Waals surface area contributed by atoms with Crippen LogP contribution in [0.15, 0.2) is 24.5 Å². The number of rotatable bonds is 2. The molecule has 7 heteroatoms. The lowest BCUT2D eigenvalue weighted by Gasteiger charge is -2.13. The van der Waals surface area contributed by atoms with Crippen LogP contribution < -0.4 is 5.32 Å². The predicted molar refractivity (Wildman–Crippen MR) is 79.7 cm³/mol. The molecule has 0 radical (unpaired) electrons. The van der Waals surface area contributed by atoms with Crippen molar-refractivity contribution in [2.24, 2.45) is 0 Å². The minimum Gasteiger partial charge on any atom is -0.339 e. The first-order valence-corrected chi connectivity index (χ1v) is 6.61. The topological polar surface area (TPSA) is 78.9 Å². The van der Waals surface area contributed by atoms with Gasteiger partial charge in [0.2, 0.25) is 0 Å². The molecule has 0 atom stereocenters. The Balaban J connectivity index is 2.16. The van der Waals surface area contributed by atoms with Crippen molar-refractivity contribution in [1.82, 2.24) is 19.6 Å². The quantitative estimate of drug-likeness (QED) is 0.736. The summed E-state index contributed by atoms with van der Waals surface area (Å²) in [4.78, 5) is 8.20. The Morgan fingerprint density at radius 2 is 2.14 bits per heavy atom. The van der Waals surface area contributed by atoms with Gasteiger partial charge >= 0.3 is 0 Å². The highest BCUT2D eigenvalue weighted by molar-refractivity contribution is 6.30. The number of hydrogen-bond donors (Lipinski definition) is 1. The Bertz CT molecular complexity index is 877. The van der Waals surface area contributed by atoms with E-state index in [2.05, 4.69) is 26.5 Å². The maximum atomic E-state index is 9.02. The van der Waals surface area contributed by atoms with Gasteiger partial charge in [0.05, 0.1) is 11.6 Å². The second kappa shape index (κ2) is 5.04. The first kappa shape index (κ1) is 13.3. The first-order valence-electron chi connectivity index (χ1n) is 6.24. The van der Waals surface area contributed by atoms with Crippen molar-refractivity contribution in [2.75, 3.05) is 5.32 Å². The molecule has 0 aliphatic carbocycles. The Morgan fingerprint density at radius 3 is 2.90 bits per heavy atom. The zero-order valence-corrected chi connectivity index (χ0v) is 12.2. The van der Waals surface area contributed by atoms with Crippen LogP contribution in [0, 0.1) is 25.2 Å². The predicted octanol–water partition coefficient (Wildman–Crippen LogP) is 3.01. The van der Waals surface area contributed by atoms with Gasteiger partial charge in [0.25, 0.3) is 5.78 Å². The molecule has 0 fully saturated rings. The maximum absolute atomic E-state index is 9.02. The highest BCUT2D eigenvalue weighted by atomic mass is 35.5. The van der Waals surface area contributed by atoms with Crippen molar-refractivity contribution in [3.05, 3.63) is 46.4 Å². The lowest BCUT2D eigenvalue weighted by atomic mass is 10.1. The number of halogens is 1. The summed E-state index contributed by atoms with van der Waals surface area (Å²) >= 11 is 6.13. The molecule has 104 valence electrons. The number of hydrogen-bond acceptors (Lipinski definition) is 5. The summed E-state index contributed by atoms with van der Waals surface area (Å²) in [6, 6.07) is 7.57. The monoisotopic (exact) mass is 298 g/mol. The van der Waals surface area contributed by atoms with E-state index in [1.54, 1.807) is 16.6 Å². The highest BCUT2D eigenvalue weighted by Crippen LogP contribution is 2.27. The SMILES string of the molecule is Cc1ccc(C#N)cc1Nc1c(C)c(Cl)nc2ncnn12. The largest absolute Gasteiger partial charge is 0.339 e. The van der Waals surface area contributed by atoms with Gasteiger partial charge in [0.15, 0.2) is 0 Å². The van der Waals surface area contributed by atoms with Gasteiger partial charge in [-0.3, -0.25) is 0 Å². The van der Waals surface area contributed by atoms with E-state index in [4.69, 9.17) is 16.9 Å². The number of benzene rings is 1. The molecule has 0 aliphatic rings. The van der Waals surface area contributed by atoms with Gasteiger partial charge in [-0.15, -0.1) is 0 Å². The summed E-state index contributed by atoms with van der Waals surface area (Å²) < 4.78 is 1.58. The van der Waals surface area contributed by atoms with Crippen LogP contribution in [0.3, 0.4) is 0 Å². The van der Waals surface area contributed by atoms with E-state index < -0.39 is 0 Å². The molecule has 0 spiro atoms. The van der Waals surface area contributed by atoms with E-state index >= 15 is 0 Å². The molecule has 21 heavy (non-hydrogen) atoms. The van der Waals surface area contributed by atoms with E-state index in [-0.39, 0.29) is 0 Å². The number of aryl methyl sites for hydroxylation is 1. The van der Waals surface area contributed by atoms with Gasteiger partial charge < -0.3 is 5.32 Å². The number of nitrogens with zero attached hydrogens (tertiary/aromatic N) is 5. The zero-order valence-electron chi connectivity index (χ0n) is 11.4. The average molecular weight is 299 g/mol. The van der Waals surface area contributed by atoms with Crippen LogP contribution in [0.2, 0.25) is 5.15 Å². The molecule has 3 aromatic rings. The highest BCUT2D eigenvalue weighted by Gasteiger charge is 2.13. The second-order valence-electron chi connectivity index (χ2n) is 4.61. The number of fused-ring (bicyclic) bond motifs is 1. The molecule has 2 heterocycles. The van der Waals surface area contributed by atoms with Gasteiger partial charge in [-0.2, -0.15) is 24.8 Å². The molecule has 0 unspecified atom stereocenters. The molecular formula is C14H11ClN6. The standard InChI is InChI=1S/C14H11ClN6/c1-8-3-4-10(6-16)5-11(8)19-13-9(2)12(15)20-14-17-7-18-21(13)14/h3-5,7,19H,1-2H3. The third kappa shape index (κ3) is 2.28. The van der Waals surface area contributed by atoms with Crippen molar-refractivity contribution < 1.29 is 0 Å². The summed E-state index contributed by atoms with van der Waals surface area (Å²) in [6.07, 6.45) is 1.42. The zero-order chi connectivity index (χ0) is 15.0. The summed E-state index contributed by atoms with van der Waals surface area (Å²) in [6.45, 7) is 3.81. The van der Waals surface area contributed by atoms with E-state index in [9.17, 15) is 0 Å². The second-order valence-corrected chi connectivity index (χ2v) is 4.97. The molecule has 0 aliphatic heterocycles. The van der Waals surface area contributed by atoms with Gasteiger partial charge in [0, 0.05) is 11.3 Å². The Labute approximate surface area is 126 Å². The van der Waals surface area contributed by atoms with Crippen LogP contribution >= 0.6 is 11.6 Å². The smallest absolute Gasteiger partial charge is 0.255 e. The normalized spacial score (nSPS) is 10.6. The molecule has 1 aromatic carbocycles. The molecule has 2 aromatic heterocycles. The molecule has 0 saturated carbocycles. The molecule has 0 amide bonds. The number of nitriles is 1. The first-order chi connectivity index (χ1) is 10.1. The summed E-state index contributed by atoms with van der Waals surface area (Å²) in [5.74, 6) is 1.10. The van der Waals surface area contributed by atoms with Crippen LogP contribution in [0.1, 0.15) is 16.7 Å². The van der Waals surface area contributed by atoms with E-state index in [0.717, 1.165) is 16.8 Å². The third-order valence-corrected chi connectivity index (χ3v) is 3.59. The van der Waals surface area contributed by atoms with Crippen LogP contribution in [0.5, 0.6) is 0 Å². The van der Waals surface area contributed by atoms with Crippen molar-refractivity contribution in [3.63, 3.8) is 0 Å². The van der Waals surface area contributed by atoms with E-state index in [1.165, 1.54) is 6.33 Å². The number of anilines is 2. The molecule has 0 saturated heterocycles. The lowest BCUT2D eigenvalue weighted by molar-refractivity contribution is 0.936. The minimum atomic E-state index is 0.368. The van der Waals surface area contributed by atoms with Crippen molar-refractivity contribution in [1.29, 1.82) is 5.26 Å². The molecule has 3 rings (SSSR count). The van der Waals surface area contributed by atoms with Crippen molar-refractivity contribution in [2.45, 2.75) is 13.8 Å². The van der Waals surface area contributed by atoms with Crippen molar-refractivity contribution in [3.8, 4) is 6.07 Å². The molecular weight excluding hydrogens is 288 g/mol. The Kier molecular flexibility index (Phi) is 3.20. The molecule has 6 nitrogen and oxygen atoms in total. The summed E-state index contributed by atoms with van der Waals surface area (Å²) in [5.41, 5.74) is 3.16. The third-order valence-electron chi connectivity index (χ3n) is 3.22. The number of nitrogens with one attached hydrogen (secondary N) is 1. The van der Waals surface area contributed by atoms with Crippen LogP contribution in [-0.2, 0) is 0 Å². The van der Waals surface area contributed by atoms with Gasteiger partial charge in [0.1, 0.15) is 17.3 Å². The fourth-order valence-corrected chi connectivity index (χ4v) is 2.16. The molecule has 0 bridgehead atoms.